The maximum Gasteiger partial charge on any atom is 0.244 e. The van der Waals surface area contributed by atoms with Crippen molar-refractivity contribution in [2.75, 3.05) is 13.1 Å². The second-order valence-corrected chi connectivity index (χ2v) is 13.1. The van der Waals surface area contributed by atoms with Gasteiger partial charge in [0.2, 0.25) is 19.9 Å². The molecule has 0 aliphatic carbocycles. The van der Waals surface area contributed by atoms with Crippen molar-refractivity contribution in [3.8, 4) is 0 Å². The van der Waals surface area contributed by atoms with E-state index in [2.05, 4.69) is 25.3 Å². The van der Waals surface area contributed by atoms with Crippen molar-refractivity contribution in [2.24, 2.45) is 0 Å². The standard InChI is InChI=1S/C24H23N7O4S2/c1-24(10-14-30(15-11-24)37(34,35)18-8-5-12-25-16-18)31-21-19-9-13-26-22(19)27-23(20(21)28-29-31)36(32,33)17-6-3-2-4-7-17/h2-9,12-13,16H,10-11,14-15H2,1H3,(H,26,27). The summed E-state index contributed by atoms with van der Waals surface area (Å²) >= 11 is 0. The van der Waals surface area contributed by atoms with Gasteiger partial charge in [0.1, 0.15) is 16.1 Å². The van der Waals surface area contributed by atoms with Crippen molar-refractivity contribution in [1.29, 1.82) is 0 Å². The highest BCUT2D eigenvalue weighted by atomic mass is 32.2. The van der Waals surface area contributed by atoms with E-state index in [0.29, 0.717) is 29.4 Å². The summed E-state index contributed by atoms with van der Waals surface area (Å²) in [7, 11) is -7.65. The van der Waals surface area contributed by atoms with Crippen molar-refractivity contribution >= 4 is 41.9 Å². The maximum absolute atomic E-state index is 13.5. The number of rotatable bonds is 5. The molecule has 6 rings (SSSR count). The minimum absolute atomic E-state index is 0.115. The van der Waals surface area contributed by atoms with Crippen molar-refractivity contribution < 1.29 is 16.8 Å². The molecule has 1 saturated heterocycles. The highest BCUT2D eigenvalue weighted by Crippen LogP contribution is 2.37. The Morgan fingerprint density at radius 3 is 2.38 bits per heavy atom. The largest absolute Gasteiger partial charge is 0.346 e. The van der Waals surface area contributed by atoms with Crippen molar-refractivity contribution in [1.82, 2.24) is 34.3 Å². The average Bonchev–Trinajstić information content (AvgIpc) is 3.57. The first-order valence-corrected chi connectivity index (χ1v) is 14.6. The van der Waals surface area contributed by atoms with Crippen LogP contribution in [-0.4, -0.2) is 64.2 Å². The summed E-state index contributed by atoms with van der Waals surface area (Å²) in [6.45, 7) is 2.52. The van der Waals surface area contributed by atoms with E-state index in [1.54, 1.807) is 35.1 Å². The summed E-state index contributed by atoms with van der Waals surface area (Å²) in [5.74, 6) is 0. The van der Waals surface area contributed by atoms with Gasteiger partial charge in [-0.1, -0.05) is 23.4 Å². The summed E-state index contributed by atoms with van der Waals surface area (Å²) in [6, 6.07) is 13.0. The predicted molar refractivity (Wildman–Crippen MR) is 135 cm³/mol. The Bertz CT molecular complexity index is 1830. The lowest BCUT2D eigenvalue weighted by Gasteiger charge is -2.38. The Balaban J connectivity index is 1.42. The van der Waals surface area contributed by atoms with E-state index in [9.17, 15) is 16.8 Å². The molecule has 5 aromatic rings. The van der Waals surface area contributed by atoms with Crippen LogP contribution in [0.25, 0.3) is 22.1 Å². The fourth-order valence-electron chi connectivity index (χ4n) is 4.81. The SMILES string of the molecule is CC1(n2nnc3c(S(=O)(=O)c4ccccc4)nc4[nH]ccc4c32)CCN(S(=O)(=O)c2cccnc2)CC1. The Labute approximate surface area is 213 Å². The lowest BCUT2D eigenvalue weighted by Crippen LogP contribution is -2.46. The molecule has 0 radical (unpaired) electrons. The summed E-state index contributed by atoms with van der Waals surface area (Å²) in [4.78, 5) is 11.6. The fraction of sp³-hybridized carbons (Fsp3) is 0.250. The second-order valence-electron chi connectivity index (χ2n) is 9.26. The maximum atomic E-state index is 13.5. The molecule has 1 aromatic carbocycles. The zero-order valence-electron chi connectivity index (χ0n) is 19.8. The smallest absolute Gasteiger partial charge is 0.244 e. The van der Waals surface area contributed by atoms with Crippen molar-refractivity contribution in [3.05, 3.63) is 67.1 Å². The number of nitrogens with zero attached hydrogens (tertiary/aromatic N) is 6. The quantitative estimate of drug-likeness (QED) is 0.360. The molecule has 1 N–H and O–H groups in total. The zero-order valence-corrected chi connectivity index (χ0v) is 21.4. The van der Waals surface area contributed by atoms with Gasteiger partial charge in [-0.25, -0.2) is 26.5 Å². The molecule has 13 heteroatoms. The molecule has 0 unspecified atom stereocenters. The van der Waals surface area contributed by atoms with Gasteiger partial charge in [-0.3, -0.25) is 4.98 Å². The first-order valence-electron chi connectivity index (χ1n) is 11.7. The number of piperidine rings is 1. The fourth-order valence-corrected chi connectivity index (χ4v) is 7.56. The monoisotopic (exact) mass is 537 g/mol. The number of H-pyrrole nitrogens is 1. The zero-order chi connectivity index (χ0) is 25.8. The van der Waals surface area contributed by atoms with Gasteiger partial charge in [-0.2, -0.15) is 4.31 Å². The first kappa shape index (κ1) is 23.7. The van der Waals surface area contributed by atoms with Crippen LogP contribution in [0.5, 0.6) is 0 Å². The third kappa shape index (κ3) is 3.72. The van der Waals surface area contributed by atoms with Gasteiger partial charge in [0.25, 0.3) is 0 Å². The van der Waals surface area contributed by atoms with Crippen molar-refractivity contribution in [2.45, 2.75) is 40.1 Å². The highest BCUT2D eigenvalue weighted by Gasteiger charge is 2.39. The predicted octanol–water partition coefficient (Wildman–Crippen LogP) is 2.74. The van der Waals surface area contributed by atoms with E-state index in [-0.39, 0.29) is 33.4 Å². The summed E-state index contributed by atoms with van der Waals surface area (Å²) in [5.41, 5.74) is 0.537. The molecule has 1 aliphatic rings. The normalized spacial score (nSPS) is 16.9. The van der Waals surface area contributed by atoms with Gasteiger partial charge in [-0.15, -0.1) is 5.10 Å². The Morgan fingerprint density at radius 1 is 0.946 bits per heavy atom. The summed E-state index contributed by atoms with van der Waals surface area (Å²) < 4.78 is 56.5. The molecule has 0 atom stereocenters. The minimum Gasteiger partial charge on any atom is -0.346 e. The van der Waals surface area contributed by atoms with Gasteiger partial charge < -0.3 is 4.98 Å². The second kappa shape index (κ2) is 8.43. The van der Waals surface area contributed by atoms with Gasteiger partial charge in [0.15, 0.2) is 10.5 Å². The lowest BCUT2D eigenvalue weighted by molar-refractivity contribution is 0.166. The summed E-state index contributed by atoms with van der Waals surface area (Å²) in [5, 5.41) is 9.22. The number of sulfonamides is 1. The van der Waals surface area contributed by atoms with E-state index in [1.165, 1.54) is 34.9 Å². The van der Waals surface area contributed by atoms with Gasteiger partial charge in [-0.05, 0) is 50.1 Å². The molecule has 4 aromatic heterocycles. The third-order valence-corrected chi connectivity index (χ3v) is 10.5. The van der Waals surface area contributed by atoms with Crippen LogP contribution in [0.15, 0.2) is 81.9 Å². The van der Waals surface area contributed by atoms with E-state index >= 15 is 0 Å². The van der Waals surface area contributed by atoms with Crippen LogP contribution in [0.3, 0.4) is 0 Å². The lowest BCUT2D eigenvalue weighted by atomic mass is 9.90. The number of hydrogen-bond donors (Lipinski definition) is 1. The van der Waals surface area contributed by atoms with E-state index < -0.39 is 25.4 Å². The van der Waals surface area contributed by atoms with Crippen LogP contribution < -0.4 is 0 Å². The van der Waals surface area contributed by atoms with Gasteiger partial charge in [0, 0.05) is 37.1 Å². The van der Waals surface area contributed by atoms with E-state index in [1.807, 2.05) is 13.0 Å². The van der Waals surface area contributed by atoms with Crippen molar-refractivity contribution in [3.63, 3.8) is 0 Å². The number of hydrogen-bond acceptors (Lipinski definition) is 8. The molecule has 0 saturated carbocycles. The topological polar surface area (TPSA) is 144 Å². The molecule has 5 heterocycles. The van der Waals surface area contributed by atoms with Crippen LogP contribution in [0.1, 0.15) is 19.8 Å². The molecule has 190 valence electrons. The molecular formula is C24H23N7O4S2. The number of nitrogens with one attached hydrogen (secondary N) is 1. The minimum atomic E-state index is -3.97. The highest BCUT2D eigenvalue weighted by molar-refractivity contribution is 7.91. The Hall–Kier alpha value is -3.68. The van der Waals surface area contributed by atoms with E-state index in [0.717, 1.165) is 0 Å². The van der Waals surface area contributed by atoms with Crippen LogP contribution in [0, 0.1) is 0 Å². The number of pyridine rings is 2. The number of sulfone groups is 1. The Kier molecular flexibility index (Phi) is 5.40. The molecule has 37 heavy (non-hydrogen) atoms. The van der Waals surface area contributed by atoms with Crippen LogP contribution in [0.2, 0.25) is 0 Å². The molecule has 1 fully saturated rings. The molecule has 0 amide bonds. The molecule has 0 bridgehead atoms. The number of aromatic amines is 1. The average molecular weight is 538 g/mol. The van der Waals surface area contributed by atoms with Crippen LogP contribution >= 0.6 is 0 Å². The number of benzene rings is 1. The Morgan fingerprint density at radius 2 is 1.68 bits per heavy atom. The van der Waals surface area contributed by atoms with Crippen LogP contribution in [-0.2, 0) is 25.4 Å². The third-order valence-electron chi connectivity index (χ3n) is 6.96. The number of aromatic nitrogens is 6. The molecular weight excluding hydrogens is 514 g/mol. The number of fused-ring (bicyclic) bond motifs is 3. The van der Waals surface area contributed by atoms with Crippen LogP contribution in [0.4, 0.5) is 0 Å². The molecule has 11 nitrogen and oxygen atoms in total. The molecule has 0 spiro atoms. The van der Waals surface area contributed by atoms with E-state index in [4.69, 9.17) is 0 Å². The molecule has 1 aliphatic heterocycles. The van der Waals surface area contributed by atoms with Gasteiger partial charge >= 0.3 is 0 Å². The summed E-state index contributed by atoms with van der Waals surface area (Å²) in [6.07, 6.45) is 5.49. The first-order chi connectivity index (χ1) is 17.7. The van der Waals surface area contributed by atoms with Gasteiger partial charge in [0.05, 0.1) is 10.4 Å².